The van der Waals surface area contributed by atoms with Crippen LogP contribution >= 0.6 is 0 Å². The number of nitrogens with one attached hydrogen (secondary N) is 1. The molecule has 1 aromatic carbocycles. The molecule has 4 heteroatoms. The monoisotopic (exact) mass is 263 g/mol. The lowest BCUT2D eigenvalue weighted by atomic mass is 10.0. The smallest absolute Gasteiger partial charge is 0.121 e. The van der Waals surface area contributed by atoms with E-state index in [9.17, 15) is 0 Å². The zero-order chi connectivity index (χ0) is 13.7. The van der Waals surface area contributed by atoms with Crippen LogP contribution in [0.5, 0.6) is 5.75 Å². The predicted octanol–water partition coefficient (Wildman–Crippen LogP) is 1.99. The molecule has 3 N–H and O–H groups in total. The minimum absolute atomic E-state index is 0.183. The van der Waals surface area contributed by atoms with Crippen molar-refractivity contribution < 1.29 is 4.74 Å². The molecular weight excluding hydrogens is 238 g/mol. The number of nitrogens with two attached hydrogens (primary N) is 1. The van der Waals surface area contributed by atoms with Crippen LogP contribution in [0, 0.1) is 6.92 Å². The maximum absolute atomic E-state index is 5.92. The van der Waals surface area contributed by atoms with Crippen molar-refractivity contribution in [1.82, 2.24) is 10.4 Å². The first-order valence-corrected chi connectivity index (χ1v) is 7.10. The zero-order valence-electron chi connectivity index (χ0n) is 12.0. The topological polar surface area (TPSA) is 50.5 Å². The second-order valence-electron chi connectivity index (χ2n) is 5.19. The van der Waals surface area contributed by atoms with Crippen LogP contribution in [0.25, 0.3) is 0 Å². The molecule has 19 heavy (non-hydrogen) atoms. The molecule has 0 radical (unpaired) electrons. The van der Waals surface area contributed by atoms with E-state index < -0.39 is 0 Å². The molecule has 1 heterocycles. The Kier molecular flexibility index (Phi) is 5.19. The maximum atomic E-state index is 5.92. The van der Waals surface area contributed by atoms with E-state index in [0.717, 1.165) is 24.4 Å². The number of hydrogen-bond acceptors (Lipinski definition) is 4. The number of methoxy groups -OCH3 is 1. The van der Waals surface area contributed by atoms with Crippen molar-refractivity contribution in [3.8, 4) is 5.75 Å². The Morgan fingerprint density at radius 2 is 2.05 bits per heavy atom. The number of benzene rings is 1. The summed E-state index contributed by atoms with van der Waals surface area (Å²) in [7, 11) is 1.70. The Bertz CT molecular complexity index is 402. The van der Waals surface area contributed by atoms with Crippen LogP contribution < -0.4 is 15.9 Å². The standard InChI is InChI=1S/C15H25N3O/c1-12-10-13(6-7-15(12)19-2)14(11-16)17-18-8-4-3-5-9-18/h6-7,10,14,17H,3-5,8-9,11,16H2,1-2H3. The molecule has 2 rings (SSSR count). The van der Waals surface area contributed by atoms with Gasteiger partial charge in [0.05, 0.1) is 13.2 Å². The lowest BCUT2D eigenvalue weighted by Gasteiger charge is -2.31. The normalized spacial score (nSPS) is 18.3. The summed E-state index contributed by atoms with van der Waals surface area (Å²) >= 11 is 0. The van der Waals surface area contributed by atoms with Crippen LogP contribution in [0.4, 0.5) is 0 Å². The number of rotatable bonds is 5. The molecule has 106 valence electrons. The van der Waals surface area contributed by atoms with E-state index in [1.54, 1.807) is 7.11 Å². The van der Waals surface area contributed by atoms with Crippen LogP contribution in [0.1, 0.15) is 36.4 Å². The van der Waals surface area contributed by atoms with E-state index in [4.69, 9.17) is 10.5 Å². The van der Waals surface area contributed by atoms with Gasteiger partial charge in [0.25, 0.3) is 0 Å². The molecular formula is C15H25N3O. The SMILES string of the molecule is COc1ccc(C(CN)NN2CCCCC2)cc1C. The van der Waals surface area contributed by atoms with Gasteiger partial charge in [0.1, 0.15) is 5.75 Å². The van der Waals surface area contributed by atoms with Crippen molar-refractivity contribution in [2.45, 2.75) is 32.2 Å². The number of hydrazine groups is 1. The largest absolute Gasteiger partial charge is 0.496 e. The maximum Gasteiger partial charge on any atom is 0.121 e. The number of aryl methyl sites for hydroxylation is 1. The molecule has 0 aliphatic carbocycles. The highest BCUT2D eigenvalue weighted by molar-refractivity contribution is 5.37. The molecule has 1 unspecified atom stereocenters. The summed E-state index contributed by atoms with van der Waals surface area (Å²) in [5, 5.41) is 2.31. The molecule has 1 aliphatic rings. The van der Waals surface area contributed by atoms with Crippen LogP contribution in [-0.2, 0) is 0 Å². The highest BCUT2D eigenvalue weighted by atomic mass is 16.5. The molecule has 1 fully saturated rings. The first kappa shape index (κ1) is 14.3. The van der Waals surface area contributed by atoms with Crippen molar-refractivity contribution in [3.05, 3.63) is 29.3 Å². The third kappa shape index (κ3) is 3.69. The predicted molar refractivity (Wildman–Crippen MR) is 78.1 cm³/mol. The number of hydrogen-bond donors (Lipinski definition) is 2. The fourth-order valence-corrected chi connectivity index (χ4v) is 2.63. The molecule has 1 saturated heterocycles. The molecule has 1 aliphatic heterocycles. The van der Waals surface area contributed by atoms with Gasteiger partial charge in [0, 0.05) is 19.6 Å². The van der Waals surface area contributed by atoms with Gasteiger partial charge in [-0.05, 0) is 37.0 Å². The molecule has 1 atom stereocenters. The summed E-state index contributed by atoms with van der Waals surface area (Å²) in [4.78, 5) is 0. The summed E-state index contributed by atoms with van der Waals surface area (Å²) in [6, 6.07) is 6.46. The van der Waals surface area contributed by atoms with Crippen molar-refractivity contribution in [2.75, 3.05) is 26.7 Å². The van der Waals surface area contributed by atoms with Gasteiger partial charge in [0.2, 0.25) is 0 Å². The highest BCUT2D eigenvalue weighted by Crippen LogP contribution is 2.22. The summed E-state index contributed by atoms with van der Waals surface area (Å²) in [5.41, 5.74) is 11.9. The van der Waals surface area contributed by atoms with Crippen LogP contribution in [-0.4, -0.2) is 31.8 Å². The van der Waals surface area contributed by atoms with Crippen molar-refractivity contribution in [2.24, 2.45) is 5.73 Å². The summed E-state index contributed by atoms with van der Waals surface area (Å²) in [5.74, 6) is 0.928. The van der Waals surface area contributed by atoms with Gasteiger partial charge in [-0.2, -0.15) is 0 Å². The number of piperidine rings is 1. The third-order valence-electron chi connectivity index (χ3n) is 3.75. The van der Waals surface area contributed by atoms with Gasteiger partial charge < -0.3 is 10.5 Å². The molecule has 0 saturated carbocycles. The first-order valence-electron chi connectivity index (χ1n) is 7.10. The van der Waals surface area contributed by atoms with Gasteiger partial charge in [0.15, 0.2) is 0 Å². The van der Waals surface area contributed by atoms with Gasteiger partial charge in [-0.15, -0.1) is 0 Å². The minimum atomic E-state index is 0.183. The summed E-state index contributed by atoms with van der Waals surface area (Å²) < 4.78 is 5.30. The molecule has 0 bridgehead atoms. The summed E-state index contributed by atoms with van der Waals surface area (Å²) in [6.45, 7) is 4.90. The second-order valence-corrected chi connectivity index (χ2v) is 5.19. The van der Waals surface area contributed by atoms with Gasteiger partial charge in [-0.25, -0.2) is 10.4 Å². The van der Waals surface area contributed by atoms with Gasteiger partial charge in [-0.1, -0.05) is 18.6 Å². The molecule has 0 aromatic heterocycles. The first-order chi connectivity index (χ1) is 9.24. The third-order valence-corrected chi connectivity index (χ3v) is 3.75. The molecule has 0 spiro atoms. The van der Waals surface area contributed by atoms with Crippen molar-refractivity contribution in [3.63, 3.8) is 0 Å². The quantitative estimate of drug-likeness (QED) is 0.853. The summed E-state index contributed by atoms with van der Waals surface area (Å²) in [6.07, 6.45) is 3.88. The van der Waals surface area contributed by atoms with E-state index in [2.05, 4.69) is 29.5 Å². The lowest BCUT2D eigenvalue weighted by Crippen LogP contribution is -2.45. The Morgan fingerprint density at radius 3 is 2.63 bits per heavy atom. The minimum Gasteiger partial charge on any atom is -0.496 e. The molecule has 0 amide bonds. The fourth-order valence-electron chi connectivity index (χ4n) is 2.63. The van der Waals surface area contributed by atoms with E-state index >= 15 is 0 Å². The number of nitrogens with zero attached hydrogens (tertiary/aromatic N) is 1. The van der Waals surface area contributed by atoms with Gasteiger partial charge in [-0.3, -0.25) is 0 Å². The molecule has 1 aromatic rings. The zero-order valence-corrected chi connectivity index (χ0v) is 12.0. The average Bonchev–Trinajstić information content (AvgIpc) is 2.46. The van der Waals surface area contributed by atoms with Crippen LogP contribution in [0.3, 0.4) is 0 Å². The molecule has 4 nitrogen and oxygen atoms in total. The van der Waals surface area contributed by atoms with E-state index in [1.807, 2.05) is 6.07 Å². The van der Waals surface area contributed by atoms with Crippen LogP contribution in [0.2, 0.25) is 0 Å². The average molecular weight is 263 g/mol. The van der Waals surface area contributed by atoms with Gasteiger partial charge >= 0.3 is 0 Å². The van der Waals surface area contributed by atoms with E-state index in [-0.39, 0.29) is 6.04 Å². The Labute approximate surface area is 115 Å². The fraction of sp³-hybridized carbons (Fsp3) is 0.600. The number of ether oxygens (including phenoxy) is 1. The van der Waals surface area contributed by atoms with E-state index in [1.165, 1.54) is 24.8 Å². The van der Waals surface area contributed by atoms with Crippen molar-refractivity contribution in [1.29, 1.82) is 0 Å². The second kappa shape index (κ2) is 6.89. The Hall–Kier alpha value is -1.10. The van der Waals surface area contributed by atoms with E-state index in [0.29, 0.717) is 6.54 Å². The highest BCUT2D eigenvalue weighted by Gasteiger charge is 2.16. The van der Waals surface area contributed by atoms with Crippen molar-refractivity contribution >= 4 is 0 Å². The van der Waals surface area contributed by atoms with Crippen LogP contribution in [0.15, 0.2) is 18.2 Å². The lowest BCUT2D eigenvalue weighted by molar-refractivity contribution is 0.130. The Morgan fingerprint density at radius 1 is 1.32 bits per heavy atom. The Balaban J connectivity index is 2.05.